The molecule has 19 heavy (non-hydrogen) atoms. The maximum atomic E-state index is 11.5. The van der Waals surface area contributed by atoms with Gasteiger partial charge >= 0.3 is 0 Å². The Hall–Kier alpha value is -1.47. The van der Waals surface area contributed by atoms with Gasteiger partial charge in [0.05, 0.1) is 11.5 Å². The summed E-state index contributed by atoms with van der Waals surface area (Å²) in [5, 5.41) is 8.27. The molecule has 0 aliphatic carbocycles. The summed E-state index contributed by atoms with van der Waals surface area (Å²) < 4.78 is 24.8. The second-order valence-corrected chi connectivity index (χ2v) is 7.29. The maximum absolute atomic E-state index is 11.5. The van der Waals surface area contributed by atoms with E-state index >= 15 is 0 Å². The van der Waals surface area contributed by atoms with Crippen molar-refractivity contribution in [2.75, 3.05) is 11.5 Å². The summed E-state index contributed by atoms with van der Waals surface area (Å²) in [6, 6.07) is 3.84. The monoisotopic (exact) mass is 280 g/mol. The third-order valence-corrected chi connectivity index (χ3v) is 5.42. The Morgan fingerprint density at radius 3 is 2.95 bits per heavy atom. The Balaban J connectivity index is 1.86. The van der Waals surface area contributed by atoms with Crippen molar-refractivity contribution in [2.45, 2.75) is 19.4 Å². The van der Waals surface area contributed by atoms with E-state index in [9.17, 15) is 8.42 Å². The van der Waals surface area contributed by atoms with Crippen LogP contribution in [0, 0.1) is 5.92 Å². The van der Waals surface area contributed by atoms with Crippen LogP contribution in [0.1, 0.15) is 17.8 Å². The van der Waals surface area contributed by atoms with Crippen molar-refractivity contribution in [3.05, 3.63) is 29.7 Å². The summed E-state index contributed by atoms with van der Waals surface area (Å²) in [4.78, 5) is 0. The molecule has 1 atom stereocenters. The zero-order valence-corrected chi connectivity index (χ0v) is 11.3. The molecule has 2 aromatic rings. The Morgan fingerprint density at radius 2 is 2.26 bits per heavy atom. The number of pyridine rings is 1. The molecule has 0 saturated carbocycles. The van der Waals surface area contributed by atoms with Crippen LogP contribution in [0.5, 0.6) is 0 Å². The molecule has 1 aliphatic heterocycles. The van der Waals surface area contributed by atoms with E-state index in [2.05, 4.69) is 10.2 Å². The molecule has 3 heterocycles. The average molecular weight is 280 g/mol. The molecular weight excluding hydrogens is 264 g/mol. The first-order chi connectivity index (χ1) is 9.07. The fourth-order valence-electron chi connectivity index (χ4n) is 2.54. The quantitative estimate of drug-likeness (QED) is 0.865. The molecule has 2 aromatic heterocycles. The predicted octanol–water partition coefficient (Wildman–Crippen LogP) is 0.165. The van der Waals surface area contributed by atoms with Crippen LogP contribution in [0.25, 0.3) is 5.65 Å². The molecule has 0 bridgehead atoms. The van der Waals surface area contributed by atoms with Crippen LogP contribution >= 0.6 is 0 Å². The summed E-state index contributed by atoms with van der Waals surface area (Å²) in [5.74, 6) is 1.54. The van der Waals surface area contributed by atoms with Gasteiger partial charge in [-0.05, 0) is 30.0 Å². The van der Waals surface area contributed by atoms with Gasteiger partial charge in [0.15, 0.2) is 15.5 Å². The van der Waals surface area contributed by atoms with Gasteiger partial charge in [-0.1, -0.05) is 0 Å². The molecule has 102 valence electrons. The highest BCUT2D eigenvalue weighted by Crippen LogP contribution is 2.22. The smallest absolute Gasteiger partial charge is 0.161 e. The van der Waals surface area contributed by atoms with Crippen LogP contribution in [0.3, 0.4) is 0 Å². The molecule has 0 amide bonds. The highest BCUT2D eigenvalue weighted by molar-refractivity contribution is 7.91. The van der Waals surface area contributed by atoms with Crippen molar-refractivity contribution in [1.29, 1.82) is 0 Å². The van der Waals surface area contributed by atoms with E-state index < -0.39 is 9.84 Å². The number of sulfone groups is 1. The van der Waals surface area contributed by atoms with Crippen molar-refractivity contribution < 1.29 is 8.42 Å². The third-order valence-electron chi connectivity index (χ3n) is 3.58. The Labute approximate surface area is 111 Å². The first-order valence-corrected chi connectivity index (χ1v) is 8.12. The zero-order chi connectivity index (χ0) is 13.5. The van der Waals surface area contributed by atoms with E-state index in [1.165, 1.54) is 0 Å². The maximum Gasteiger partial charge on any atom is 0.161 e. The van der Waals surface area contributed by atoms with Crippen molar-refractivity contribution in [2.24, 2.45) is 11.7 Å². The van der Waals surface area contributed by atoms with E-state index in [0.29, 0.717) is 18.7 Å². The van der Waals surface area contributed by atoms with Gasteiger partial charge in [0.2, 0.25) is 0 Å². The van der Waals surface area contributed by atoms with Gasteiger partial charge in [-0.3, -0.25) is 4.40 Å². The van der Waals surface area contributed by atoms with Crippen molar-refractivity contribution >= 4 is 15.5 Å². The van der Waals surface area contributed by atoms with Gasteiger partial charge in [-0.25, -0.2) is 8.42 Å². The van der Waals surface area contributed by atoms with Gasteiger partial charge < -0.3 is 5.73 Å². The van der Waals surface area contributed by atoms with Crippen molar-refractivity contribution in [3.8, 4) is 0 Å². The van der Waals surface area contributed by atoms with Gasteiger partial charge in [-0.15, -0.1) is 10.2 Å². The Kier molecular flexibility index (Phi) is 3.02. The summed E-state index contributed by atoms with van der Waals surface area (Å²) in [6.07, 6.45) is 3.27. The molecular formula is C12H16N4O2S. The second kappa shape index (κ2) is 4.57. The van der Waals surface area contributed by atoms with Gasteiger partial charge in [0, 0.05) is 19.2 Å². The largest absolute Gasteiger partial charge is 0.326 e. The lowest BCUT2D eigenvalue weighted by Crippen LogP contribution is -2.09. The van der Waals surface area contributed by atoms with Gasteiger partial charge in [0.1, 0.15) is 5.82 Å². The Morgan fingerprint density at radius 1 is 1.42 bits per heavy atom. The lowest BCUT2D eigenvalue weighted by atomic mass is 10.1. The molecule has 2 N–H and O–H groups in total. The van der Waals surface area contributed by atoms with Crippen LogP contribution in [0.2, 0.25) is 0 Å². The lowest BCUT2D eigenvalue weighted by molar-refractivity contribution is 0.566. The number of nitrogens with zero attached hydrogens (tertiary/aromatic N) is 3. The summed E-state index contributed by atoms with van der Waals surface area (Å²) in [6.45, 7) is 0.472. The normalized spacial score (nSPS) is 22.1. The number of fused-ring (bicyclic) bond motifs is 1. The van der Waals surface area contributed by atoms with Crippen LogP contribution in [-0.4, -0.2) is 34.5 Å². The molecule has 0 radical (unpaired) electrons. The average Bonchev–Trinajstić information content (AvgIpc) is 2.93. The summed E-state index contributed by atoms with van der Waals surface area (Å²) in [5.41, 5.74) is 7.36. The molecule has 0 spiro atoms. The Bertz CT molecular complexity index is 708. The number of rotatable bonds is 3. The topological polar surface area (TPSA) is 90.3 Å². The number of aromatic nitrogens is 3. The van der Waals surface area contributed by atoms with Crippen LogP contribution in [-0.2, 0) is 22.8 Å². The summed E-state index contributed by atoms with van der Waals surface area (Å²) >= 11 is 0. The van der Waals surface area contributed by atoms with Crippen molar-refractivity contribution in [3.63, 3.8) is 0 Å². The van der Waals surface area contributed by atoms with E-state index in [-0.39, 0.29) is 11.7 Å². The van der Waals surface area contributed by atoms with Gasteiger partial charge in [0.25, 0.3) is 0 Å². The first-order valence-electron chi connectivity index (χ1n) is 6.30. The number of hydrogen-bond acceptors (Lipinski definition) is 5. The molecule has 0 aromatic carbocycles. The molecule has 1 fully saturated rings. The highest BCUT2D eigenvalue weighted by atomic mass is 32.2. The minimum Gasteiger partial charge on any atom is -0.326 e. The van der Waals surface area contributed by atoms with E-state index in [1.54, 1.807) is 0 Å². The molecule has 6 nitrogen and oxygen atoms in total. The SMILES string of the molecule is NCc1ccn2c(CC3CCS(=O)(=O)C3)nnc2c1. The van der Waals surface area contributed by atoms with E-state index in [1.807, 2.05) is 22.7 Å². The first kappa shape index (κ1) is 12.6. The molecule has 1 saturated heterocycles. The predicted molar refractivity (Wildman–Crippen MR) is 71.3 cm³/mol. The fraction of sp³-hybridized carbons (Fsp3) is 0.500. The second-order valence-electron chi connectivity index (χ2n) is 5.06. The van der Waals surface area contributed by atoms with Crippen molar-refractivity contribution in [1.82, 2.24) is 14.6 Å². The standard InChI is InChI=1S/C12H16N4O2S/c13-7-9-1-3-16-11(5-9)14-15-12(16)6-10-2-4-19(17,18)8-10/h1,3,5,10H,2,4,6-8,13H2. The van der Waals surface area contributed by atoms with E-state index in [0.717, 1.165) is 23.5 Å². The minimum atomic E-state index is -2.84. The number of nitrogens with two attached hydrogens (primary N) is 1. The van der Waals surface area contributed by atoms with E-state index in [4.69, 9.17) is 5.73 Å². The molecule has 1 unspecified atom stereocenters. The lowest BCUT2D eigenvalue weighted by Gasteiger charge is -2.06. The molecule has 7 heteroatoms. The minimum absolute atomic E-state index is 0.159. The summed E-state index contributed by atoms with van der Waals surface area (Å²) in [7, 11) is -2.84. The zero-order valence-electron chi connectivity index (χ0n) is 10.5. The van der Waals surface area contributed by atoms with Crippen LogP contribution in [0.15, 0.2) is 18.3 Å². The van der Waals surface area contributed by atoms with Crippen LogP contribution in [0.4, 0.5) is 0 Å². The fourth-order valence-corrected chi connectivity index (χ4v) is 4.40. The molecule has 1 aliphatic rings. The van der Waals surface area contributed by atoms with Gasteiger partial charge in [-0.2, -0.15) is 0 Å². The highest BCUT2D eigenvalue weighted by Gasteiger charge is 2.29. The number of hydrogen-bond donors (Lipinski definition) is 1. The van der Waals surface area contributed by atoms with Crippen LogP contribution < -0.4 is 5.73 Å². The molecule has 3 rings (SSSR count). The third kappa shape index (κ3) is 2.48.